The van der Waals surface area contributed by atoms with Crippen LogP contribution in [0.1, 0.15) is 54.9 Å². The van der Waals surface area contributed by atoms with Gasteiger partial charge in [-0.25, -0.2) is 0 Å². The monoisotopic (exact) mass is 519 g/mol. The highest BCUT2D eigenvalue weighted by atomic mass is 32.1. The molecule has 3 heterocycles. The summed E-state index contributed by atoms with van der Waals surface area (Å²) in [6.45, 7) is 8.56. The molecule has 0 unspecified atom stereocenters. The van der Waals surface area contributed by atoms with Crippen molar-refractivity contribution in [3.05, 3.63) is 69.7 Å². The molecule has 2 aromatic carbocycles. The number of nitrogens with zero attached hydrogens (tertiary/aromatic N) is 3. The topological polar surface area (TPSA) is 102 Å². The van der Waals surface area contributed by atoms with Crippen molar-refractivity contribution in [3.63, 3.8) is 0 Å². The van der Waals surface area contributed by atoms with Crippen LogP contribution in [-0.4, -0.2) is 39.7 Å². The van der Waals surface area contributed by atoms with Gasteiger partial charge in [-0.2, -0.15) is 0 Å². The van der Waals surface area contributed by atoms with Crippen LogP contribution in [0.15, 0.2) is 48.0 Å². The molecule has 1 fully saturated rings. The Morgan fingerprint density at radius 3 is 2.76 bits per heavy atom. The van der Waals surface area contributed by atoms with Crippen molar-refractivity contribution in [1.29, 1.82) is 0 Å². The predicted octanol–water partition coefficient (Wildman–Crippen LogP) is 5.22. The Bertz CT molecular complexity index is 1400. The number of carbonyl (C=O) groups is 2. The number of aromatic nitrogens is 2. The molecule has 5 rings (SSSR count). The van der Waals surface area contributed by atoms with Gasteiger partial charge in [0.2, 0.25) is 5.13 Å². The molecule has 8 nitrogen and oxygen atoms in total. The van der Waals surface area contributed by atoms with Gasteiger partial charge >= 0.3 is 5.91 Å². The van der Waals surface area contributed by atoms with E-state index in [9.17, 15) is 14.7 Å². The van der Waals surface area contributed by atoms with Crippen LogP contribution in [0.4, 0.5) is 5.13 Å². The van der Waals surface area contributed by atoms with Crippen molar-refractivity contribution in [2.75, 3.05) is 11.5 Å². The molecule has 0 saturated carbocycles. The molecule has 37 heavy (non-hydrogen) atoms. The summed E-state index contributed by atoms with van der Waals surface area (Å²) < 4.78 is 11.7. The molecule has 1 amide bonds. The number of rotatable bonds is 7. The fourth-order valence-electron chi connectivity index (χ4n) is 4.64. The molecule has 2 atom stereocenters. The van der Waals surface area contributed by atoms with E-state index in [4.69, 9.17) is 9.47 Å². The van der Waals surface area contributed by atoms with E-state index < -0.39 is 17.7 Å². The summed E-state index contributed by atoms with van der Waals surface area (Å²) in [6.07, 6.45) is 1.64. The number of carbonyl (C=O) groups excluding carboxylic acids is 2. The van der Waals surface area contributed by atoms with Gasteiger partial charge in [0.15, 0.2) is 0 Å². The highest BCUT2D eigenvalue weighted by Crippen LogP contribution is 2.44. The van der Waals surface area contributed by atoms with Crippen LogP contribution in [0.5, 0.6) is 11.5 Å². The Morgan fingerprint density at radius 2 is 2.03 bits per heavy atom. The minimum absolute atomic E-state index is 0.00379. The van der Waals surface area contributed by atoms with Gasteiger partial charge in [0.05, 0.1) is 18.2 Å². The van der Waals surface area contributed by atoms with Crippen LogP contribution in [0, 0.1) is 12.8 Å². The van der Waals surface area contributed by atoms with Crippen LogP contribution in [0.25, 0.3) is 5.76 Å². The first kappa shape index (κ1) is 25.0. The number of aliphatic hydroxyl groups excluding tert-OH is 1. The highest BCUT2D eigenvalue weighted by molar-refractivity contribution is 7.15. The van der Waals surface area contributed by atoms with Crippen molar-refractivity contribution in [2.24, 2.45) is 5.92 Å². The molecule has 1 saturated heterocycles. The summed E-state index contributed by atoms with van der Waals surface area (Å²) in [6, 6.07) is 11.7. The Labute approximate surface area is 219 Å². The first-order valence-corrected chi connectivity index (χ1v) is 13.2. The van der Waals surface area contributed by atoms with Crippen LogP contribution in [0.3, 0.4) is 0 Å². The zero-order chi connectivity index (χ0) is 26.3. The lowest BCUT2D eigenvalue weighted by Gasteiger charge is -2.23. The standard InChI is InChI=1S/C28H29N3O5S/c1-15(2)10-11-35-21-7-5-6-18(14-21)24-23(26(33)27(34)31(24)28-30-29-17(4)37-28)25(32)19-8-9-22-20(13-19)12-16(3)36-22/h5-9,13-16,24,32H,10-12H2,1-4H3/t16-,24+/m0/s1. The Hall–Kier alpha value is -3.72. The fourth-order valence-corrected chi connectivity index (χ4v) is 5.35. The summed E-state index contributed by atoms with van der Waals surface area (Å²) in [5.41, 5.74) is 2.04. The highest BCUT2D eigenvalue weighted by Gasteiger charge is 2.48. The minimum Gasteiger partial charge on any atom is -0.507 e. The van der Waals surface area contributed by atoms with Gasteiger partial charge in [-0.05, 0) is 67.6 Å². The van der Waals surface area contributed by atoms with Gasteiger partial charge < -0.3 is 14.6 Å². The number of aliphatic hydroxyl groups is 1. The minimum atomic E-state index is -0.885. The molecule has 1 aromatic heterocycles. The summed E-state index contributed by atoms with van der Waals surface area (Å²) in [5, 5.41) is 20.6. The lowest BCUT2D eigenvalue weighted by Crippen LogP contribution is -2.29. The van der Waals surface area contributed by atoms with Gasteiger partial charge in [-0.1, -0.05) is 37.3 Å². The van der Waals surface area contributed by atoms with E-state index in [1.54, 1.807) is 19.1 Å². The lowest BCUT2D eigenvalue weighted by molar-refractivity contribution is -0.132. The van der Waals surface area contributed by atoms with Crippen molar-refractivity contribution >= 4 is 33.9 Å². The van der Waals surface area contributed by atoms with Crippen LogP contribution in [-0.2, 0) is 16.0 Å². The third-order valence-electron chi connectivity index (χ3n) is 6.47. The zero-order valence-corrected chi connectivity index (χ0v) is 22.0. The number of Topliss-reactive ketones (excluding diaryl/α,β-unsaturated/α-hetero) is 1. The van der Waals surface area contributed by atoms with Crippen LogP contribution >= 0.6 is 11.3 Å². The third-order valence-corrected chi connectivity index (χ3v) is 7.31. The number of ether oxygens (including phenoxy) is 2. The molecule has 0 spiro atoms. The molecule has 3 aromatic rings. The van der Waals surface area contributed by atoms with E-state index in [2.05, 4.69) is 24.0 Å². The second-order valence-corrected chi connectivity index (χ2v) is 11.0. The fraction of sp³-hybridized carbons (Fsp3) is 0.357. The lowest BCUT2D eigenvalue weighted by atomic mass is 9.94. The van der Waals surface area contributed by atoms with Crippen molar-refractivity contribution in [3.8, 4) is 11.5 Å². The zero-order valence-electron chi connectivity index (χ0n) is 21.2. The number of amides is 1. The molecule has 9 heteroatoms. The van der Waals surface area contributed by atoms with E-state index in [0.29, 0.717) is 46.0 Å². The predicted molar refractivity (Wildman–Crippen MR) is 141 cm³/mol. The molecule has 192 valence electrons. The summed E-state index contributed by atoms with van der Waals surface area (Å²) in [7, 11) is 0. The normalized spacial score (nSPS) is 20.4. The van der Waals surface area contributed by atoms with E-state index >= 15 is 0 Å². The summed E-state index contributed by atoms with van der Waals surface area (Å²) >= 11 is 1.22. The SMILES string of the molecule is Cc1nnc(N2C(=O)C(=O)C(=C(O)c3ccc4c(c3)C[C@H](C)O4)[C@H]2c2cccc(OCCC(C)C)c2)s1. The Balaban J connectivity index is 1.61. The van der Waals surface area contributed by atoms with Gasteiger partial charge in [0.25, 0.3) is 5.78 Å². The summed E-state index contributed by atoms with van der Waals surface area (Å²) in [4.78, 5) is 28.1. The number of benzene rings is 2. The first-order chi connectivity index (χ1) is 17.7. The Morgan fingerprint density at radius 1 is 1.22 bits per heavy atom. The van der Waals surface area contributed by atoms with E-state index in [0.717, 1.165) is 17.7 Å². The number of anilines is 1. The number of fused-ring (bicyclic) bond motifs is 1. The van der Waals surface area contributed by atoms with E-state index in [1.807, 2.05) is 37.3 Å². The molecule has 0 radical (unpaired) electrons. The molecule has 2 aliphatic rings. The van der Waals surface area contributed by atoms with Gasteiger partial charge in [0.1, 0.15) is 28.4 Å². The maximum atomic E-state index is 13.4. The number of hydrogen-bond donors (Lipinski definition) is 1. The molecule has 0 bridgehead atoms. The van der Waals surface area contributed by atoms with Crippen molar-refractivity contribution in [1.82, 2.24) is 10.2 Å². The number of ketones is 1. The van der Waals surface area contributed by atoms with Gasteiger partial charge in [-0.3, -0.25) is 14.5 Å². The van der Waals surface area contributed by atoms with Crippen LogP contribution in [0.2, 0.25) is 0 Å². The average Bonchev–Trinajstić information content (AvgIpc) is 3.53. The van der Waals surface area contributed by atoms with Gasteiger partial charge in [0, 0.05) is 12.0 Å². The van der Waals surface area contributed by atoms with Crippen molar-refractivity contribution in [2.45, 2.75) is 52.7 Å². The second-order valence-electron chi connectivity index (χ2n) is 9.83. The quantitative estimate of drug-likeness (QED) is 0.259. The molecular weight excluding hydrogens is 490 g/mol. The van der Waals surface area contributed by atoms with E-state index in [1.165, 1.54) is 16.2 Å². The van der Waals surface area contributed by atoms with Crippen molar-refractivity contribution < 1.29 is 24.2 Å². The maximum Gasteiger partial charge on any atom is 0.301 e. The average molecular weight is 520 g/mol. The molecule has 1 N–H and O–H groups in total. The van der Waals surface area contributed by atoms with Crippen LogP contribution < -0.4 is 14.4 Å². The largest absolute Gasteiger partial charge is 0.507 e. The molecule has 0 aliphatic carbocycles. The molecular formula is C28H29N3O5S. The number of hydrogen-bond acceptors (Lipinski definition) is 8. The third kappa shape index (κ3) is 4.83. The first-order valence-electron chi connectivity index (χ1n) is 12.4. The van der Waals surface area contributed by atoms with Gasteiger partial charge in [-0.15, -0.1) is 10.2 Å². The molecule has 2 aliphatic heterocycles. The smallest absolute Gasteiger partial charge is 0.301 e. The second kappa shape index (κ2) is 9.97. The summed E-state index contributed by atoms with van der Waals surface area (Å²) in [5.74, 6) is 0.119. The number of aryl methyl sites for hydroxylation is 1. The van der Waals surface area contributed by atoms with E-state index in [-0.39, 0.29) is 17.4 Å². The maximum absolute atomic E-state index is 13.4. The Kier molecular flexibility index (Phi) is 6.72.